The number of aliphatic hydroxyl groups is 7. The van der Waals surface area contributed by atoms with Crippen molar-refractivity contribution in [2.75, 3.05) is 6.61 Å². The normalized spacial score (nSPS) is 44.1. The Morgan fingerprint density at radius 1 is 0.938 bits per heavy atom. The predicted molar refractivity (Wildman–Crippen MR) is 48.0 cm³/mol. The number of rotatable bonds is 3. The number of hydrogen-bond acceptors (Lipinski definition) is 8. The van der Waals surface area contributed by atoms with Crippen molar-refractivity contribution < 1.29 is 40.5 Å². The van der Waals surface area contributed by atoms with Crippen LogP contribution in [0.5, 0.6) is 0 Å². The summed E-state index contributed by atoms with van der Waals surface area (Å²) in [6, 6.07) is 0. The van der Waals surface area contributed by atoms with E-state index in [1.165, 1.54) is 0 Å². The van der Waals surface area contributed by atoms with Gasteiger partial charge in [-0.25, -0.2) is 0 Å². The maximum Gasteiger partial charge on any atom is 0.184 e. The molecule has 0 aliphatic carbocycles. The van der Waals surface area contributed by atoms with Gasteiger partial charge in [-0.1, -0.05) is 0 Å². The molecule has 0 bridgehead atoms. The minimum absolute atomic E-state index is 0.775. The van der Waals surface area contributed by atoms with Crippen LogP contribution in [0, 0.1) is 0 Å². The second kappa shape index (κ2) is 5.34. The highest BCUT2D eigenvalue weighted by Gasteiger charge is 2.47. The third kappa shape index (κ3) is 2.50. The Bertz CT molecular complexity index is 220. The van der Waals surface area contributed by atoms with Crippen molar-refractivity contribution in [2.45, 2.75) is 42.9 Å². The van der Waals surface area contributed by atoms with Gasteiger partial charge in [0.1, 0.15) is 36.6 Å². The monoisotopic (exact) mass is 240 g/mol. The molecule has 1 aliphatic heterocycles. The van der Waals surface area contributed by atoms with E-state index >= 15 is 0 Å². The van der Waals surface area contributed by atoms with Crippen LogP contribution in [0.3, 0.4) is 0 Å². The maximum atomic E-state index is 9.44. The summed E-state index contributed by atoms with van der Waals surface area (Å²) in [6.07, 6.45) is -11.7. The Balaban J connectivity index is 2.73. The summed E-state index contributed by atoms with van der Waals surface area (Å²) in [4.78, 5) is 0. The smallest absolute Gasteiger partial charge is 0.184 e. The van der Waals surface area contributed by atoms with E-state index < -0.39 is 49.5 Å². The van der Waals surface area contributed by atoms with E-state index in [9.17, 15) is 15.3 Å². The van der Waals surface area contributed by atoms with E-state index in [0.717, 1.165) is 0 Å². The molecule has 8 heteroatoms. The number of ether oxygens (including phenoxy) is 1. The molecule has 96 valence electrons. The van der Waals surface area contributed by atoms with Crippen molar-refractivity contribution in [3.05, 3.63) is 0 Å². The van der Waals surface area contributed by atoms with E-state index in [4.69, 9.17) is 20.4 Å². The first-order chi connectivity index (χ1) is 7.40. The standard InChI is InChI=1S/C8H16O8/c9-1-2(10)3(11)7-5(13)4(12)6(14)8(15)16-7/h2-15H,1H2/t2?,3?,4?,5?,6?,7?,8-/m0/s1. The molecular weight excluding hydrogens is 224 g/mol. The molecule has 8 nitrogen and oxygen atoms in total. The van der Waals surface area contributed by atoms with Gasteiger partial charge in [0, 0.05) is 0 Å². The molecule has 1 fully saturated rings. The van der Waals surface area contributed by atoms with Gasteiger partial charge in [0.05, 0.1) is 6.61 Å². The van der Waals surface area contributed by atoms with E-state index in [-0.39, 0.29) is 0 Å². The van der Waals surface area contributed by atoms with Gasteiger partial charge in [0.25, 0.3) is 0 Å². The third-order valence-corrected chi connectivity index (χ3v) is 2.54. The van der Waals surface area contributed by atoms with Crippen molar-refractivity contribution in [2.24, 2.45) is 0 Å². The molecule has 0 aromatic rings. The van der Waals surface area contributed by atoms with Gasteiger partial charge in [0.15, 0.2) is 6.29 Å². The first-order valence-electron chi connectivity index (χ1n) is 4.75. The fraction of sp³-hybridized carbons (Fsp3) is 1.00. The lowest BCUT2D eigenvalue weighted by Crippen LogP contribution is -2.62. The molecule has 0 aromatic carbocycles. The highest BCUT2D eigenvalue weighted by atomic mass is 16.6. The van der Waals surface area contributed by atoms with Gasteiger partial charge in [-0.05, 0) is 0 Å². The molecule has 0 amide bonds. The second-order valence-electron chi connectivity index (χ2n) is 3.70. The van der Waals surface area contributed by atoms with Crippen LogP contribution in [-0.4, -0.2) is 85.3 Å². The molecule has 0 radical (unpaired) electrons. The lowest BCUT2D eigenvalue weighted by atomic mass is 9.93. The number of hydrogen-bond donors (Lipinski definition) is 7. The summed E-state index contributed by atoms with van der Waals surface area (Å²) in [6.45, 7) is -0.775. The van der Waals surface area contributed by atoms with Crippen LogP contribution < -0.4 is 0 Å². The first kappa shape index (κ1) is 13.7. The summed E-state index contributed by atoms with van der Waals surface area (Å²) in [5, 5.41) is 64.1. The van der Waals surface area contributed by atoms with E-state index in [1.807, 2.05) is 0 Å². The molecule has 6 unspecified atom stereocenters. The van der Waals surface area contributed by atoms with Crippen LogP contribution >= 0.6 is 0 Å². The van der Waals surface area contributed by atoms with Gasteiger partial charge in [-0.3, -0.25) is 0 Å². The fourth-order valence-corrected chi connectivity index (χ4v) is 1.50. The molecule has 0 saturated carbocycles. The first-order valence-corrected chi connectivity index (χ1v) is 4.75. The van der Waals surface area contributed by atoms with Crippen LogP contribution in [0.4, 0.5) is 0 Å². The summed E-state index contributed by atoms with van der Waals surface area (Å²) in [7, 11) is 0. The number of aliphatic hydroxyl groups excluding tert-OH is 7. The van der Waals surface area contributed by atoms with Gasteiger partial charge in [-0.2, -0.15) is 0 Å². The molecule has 1 heterocycles. The molecule has 0 aromatic heterocycles. The second-order valence-corrected chi connectivity index (χ2v) is 3.70. The van der Waals surface area contributed by atoms with Crippen LogP contribution in [0.25, 0.3) is 0 Å². The zero-order valence-electron chi connectivity index (χ0n) is 8.29. The SMILES string of the molecule is OCC(O)C(O)C1O[C@H](O)C(O)C(O)C1O. The molecule has 7 atom stereocenters. The maximum absolute atomic E-state index is 9.44. The molecule has 0 spiro atoms. The van der Waals surface area contributed by atoms with Crippen molar-refractivity contribution in [3.63, 3.8) is 0 Å². The quantitative estimate of drug-likeness (QED) is 0.261. The molecule has 1 aliphatic rings. The molecule has 1 saturated heterocycles. The topological polar surface area (TPSA) is 151 Å². The summed E-state index contributed by atoms with van der Waals surface area (Å²) in [5.41, 5.74) is 0. The average Bonchev–Trinajstić information content (AvgIpc) is 2.29. The Hall–Kier alpha value is -0.320. The summed E-state index contributed by atoms with van der Waals surface area (Å²) in [5.74, 6) is 0. The minimum Gasteiger partial charge on any atom is -0.394 e. The lowest BCUT2D eigenvalue weighted by molar-refractivity contribution is -0.303. The zero-order chi connectivity index (χ0) is 12.5. The molecular formula is C8H16O8. The van der Waals surface area contributed by atoms with Crippen molar-refractivity contribution in [1.82, 2.24) is 0 Å². The van der Waals surface area contributed by atoms with Crippen molar-refractivity contribution in [1.29, 1.82) is 0 Å². The van der Waals surface area contributed by atoms with Crippen molar-refractivity contribution >= 4 is 0 Å². The summed E-state index contributed by atoms with van der Waals surface area (Å²) < 4.78 is 4.64. The van der Waals surface area contributed by atoms with Gasteiger partial charge < -0.3 is 40.5 Å². The van der Waals surface area contributed by atoms with Crippen LogP contribution in [-0.2, 0) is 4.74 Å². The zero-order valence-corrected chi connectivity index (χ0v) is 8.29. The van der Waals surface area contributed by atoms with Crippen LogP contribution in [0.15, 0.2) is 0 Å². The van der Waals surface area contributed by atoms with Crippen molar-refractivity contribution in [3.8, 4) is 0 Å². The fourth-order valence-electron chi connectivity index (χ4n) is 1.50. The third-order valence-electron chi connectivity index (χ3n) is 2.54. The lowest BCUT2D eigenvalue weighted by Gasteiger charge is -2.40. The highest BCUT2D eigenvalue weighted by molar-refractivity contribution is 4.93. The Labute approximate surface area is 91.0 Å². The van der Waals surface area contributed by atoms with Gasteiger partial charge >= 0.3 is 0 Å². The van der Waals surface area contributed by atoms with Crippen LogP contribution in [0.1, 0.15) is 0 Å². The Morgan fingerprint density at radius 2 is 1.50 bits per heavy atom. The van der Waals surface area contributed by atoms with Gasteiger partial charge in [-0.15, -0.1) is 0 Å². The van der Waals surface area contributed by atoms with E-state index in [2.05, 4.69) is 4.74 Å². The largest absolute Gasteiger partial charge is 0.394 e. The minimum atomic E-state index is -1.79. The molecule has 7 N–H and O–H groups in total. The summed E-state index contributed by atoms with van der Waals surface area (Å²) >= 11 is 0. The van der Waals surface area contributed by atoms with E-state index in [1.54, 1.807) is 0 Å². The Morgan fingerprint density at radius 3 is 2.00 bits per heavy atom. The van der Waals surface area contributed by atoms with Gasteiger partial charge in [0.2, 0.25) is 0 Å². The predicted octanol–water partition coefficient (Wildman–Crippen LogP) is -4.50. The Kier molecular flexibility index (Phi) is 4.59. The molecule has 1 rings (SSSR count). The average molecular weight is 240 g/mol. The van der Waals surface area contributed by atoms with Crippen LogP contribution in [0.2, 0.25) is 0 Å². The van der Waals surface area contributed by atoms with E-state index in [0.29, 0.717) is 0 Å². The highest BCUT2D eigenvalue weighted by Crippen LogP contribution is 2.23. The molecule has 16 heavy (non-hydrogen) atoms.